The summed E-state index contributed by atoms with van der Waals surface area (Å²) >= 11 is 5.92. The normalized spacial score (nSPS) is 16.5. The molecule has 1 aliphatic heterocycles. The number of hydrogen-bond acceptors (Lipinski definition) is 5. The smallest absolute Gasteiger partial charge is 0.270 e. The van der Waals surface area contributed by atoms with Crippen LogP contribution < -0.4 is 15.6 Å². The van der Waals surface area contributed by atoms with Gasteiger partial charge in [0.2, 0.25) is 5.91 Å². The Bertz CT molecular complexity index is 829. The number of halogens is 1. The number of carbonyl (C=O) groups is 1. The number of hydrogen-bond donors (Lipinski definition) is 1. The summed E-state index contributed by atoms with van der Waals surface area (Å²) in [6.45, 7) is 0.994. The second-order valence-corrected chi connectivity index (χ2v) is 6.44. The molecule has 1 unspecified atom stereocenters. The van der Waals surface area contributed by atoms with E-state index in [4.69, 9.17) is 21.1 Å². The number of benzene rings is 1. The van der Waals surface area contributed by atoms with Crippen molar-refractivity contribution in [2.75, 3.05) is 20.3 Å². The standard InChI is InChI=1S/C18H20ClN3O4/c1-25-15-9-17(24)22(11-16(23)20-10-14-3-2-8-26-14)21-18(15)12-4-6-13(19)7-5-12/h4-7,9,14H,2-3,8,10-11H2,1H3,(H,20,23). The van der Waals surface area contributed by atoms with Crippen LogP contribution in [0.25, 0.3) is 11.3 Å². The molecule has 1 saturated heterocycles. The van der Waals surface area contributed by atoms with Crippen LogP contribution in [-0.4, -0.2) is 42.1 Å². The van der Waals surface area contributed by atoms with Crippen molar-refractivity contribution in [3.05, 3.63) is 45.7 Å². The van der Waals surface area contributed by atoms with Gasteiger partial charge in [0.05, 0.1) is 13.2 Å². The van der Waals surface area contributed by atoms with Gasteiger partial charge in [0.1, 0.15) is 12.2 Å². The molecule has 0 aliphatic carbocycles. The van der Waals surface area contributed by atoms with Gasteiger partial charge >= 0.3 is 0 Å². The molecule has 2 heterocycles. The minimum Gasteiger partial charge on any atom is -0.494 e. The molecule has 1 aromatic heterocycles. The van der Waals surface area contributed by atoms with E-state index < -0.39 is 5.56 Å². The zero-order chi connectivity index (χ0) is 18.5. The van der Waals surface area contributed by atoms with E-state index in [1.165, 1.54) is 13.2 Å². The average molecular weight is 378 g/mol. The number of rotatable bonds is 6. The predicted molar refractivity (Wildman–Crippen MR) is 97.5 cm³/mol. The molecular formula is C18H20ClN3O4. The number of amides is 1. The third kappa shape index (κ3) is 4.42. The Morgan fingerprint density at radius 2 is 2.19 bits per heavy atom. The first kappa shape index (κ1) is 18.4. The van der Waals surface area contributed by atoms with E-state index in [1.807, 2.05) is 0 Å². The van der Waals surface area contributed by atoms with Gasteiger partial charge in [0, 0.05) is 29.8 Å². The van der Waals surface area contributed by atoms with Gasteiger partial charge in [-0.3, -0.25) is 9.59 Å². The van der Waals surface area contributed by atoms with Crippen molar-refractivity contribution in [1.82, 2.24) is 15.1 Å². The van der Waals surface area contributed by atoms with Crippen molar-refractivity contribution >= 4 is 17.5 Å². The van der Waals surface area contributed by atoms with Crippen LogP contribution in [0.5, 0.6) is 5.75 Å². The summed E-state index contributed by atoms with van der Waals surface area (Å²) in [5, 5.41) is 7.68. The first-order valence-electron chi connectivity index (χ1n) is 8.37. The predicted octanol–water partition coefficient (Wildman–Crippen LogP) is 1.87. The molecule has 2 aromatic rings. The zero-order valence-electron chi connectivity index (χ0n) is 14.4. The van der Waals surface area contributed by atoms with E-state index in [2.05, 4.69) is 10.4 Å². The summed E-state index contributed by atoms with van der Waals surface area (Å²) in [5.74, 6) is 0.0515. The van der Waals surface area contributed by atoms with E-state index in [1.54, 1.807) is 24.3 Å². The Balaban J connectivity index is 1.78. The van der Waals surface area contributed by atoms with E-state index in [0.717, 1.165) is 29.7 Å². The van der Waals surface area contributed by atoms with E-state index in [-0.39, 0.29) is 18.6 Å². The number of carbonyl (C=O) groups excluding carboxylic acids is 1. The van der Waals surface area contributed by atoms with Gasteiger partial charge in [-0.05, 0) is 25.0 Å². The molecule has 26 heavy (non-hydrogen) atoms. The first-order chi connectivity index (χ1) is 12.6. The molecule has 3 rings (SSSR count). The van der Waals surface area contributed by atoms with Crippen LogP contribution in [0.3, 0.4) is 0 Å². The quantitative estimate of drug-likeness (QED) is 0.831. The first-order valence-corrected chi connectivity index (χ1v) is 8.75. The lowest BCUT2D eigenvalue weighted by Gasteiger charge is -2.13. The maximum atomic E-state index is 12.2. The van der Waals surface area contributed by atoms with Gasteiger partial charge in [0.15, 0.2) is 5.75 Å². The van der Waals surface area contributed by atoms with E-state index in [0.29, 0.717) is 23.0 Å². The highest BCUT2D eigenvalue weighted by atomic mass is 35.5. The molecule has 1 amide bonds. The molecule has 1 aromatic carbocycles. The molecule has 8 heteroatoms. The lowest BCUT2D eigenvalue weighted by atomic mass is 10.1. The molecule has 1 atom stereocenters. The minimum atomic E-state index is -0.410. The van der Waals surface area contributed by atoms with Crippen LogP contribution >= 0.6 is 11.6 Å². The number of aromatic nitrogens is 2. The molecule has 0 radical (unpaired) electrons. The van der Waals surface area contributed by atoms with E-state index >= 15 is 0 Å². The second kappa shape index (κ2) is 8.33. The van der Waals surface area contributed by atoms with Gasteiger partial charge in [-0.1, -0.05) is 23.7 Å². The van der Waals surface area contributed by atoms with Gasteiger partial charge in [-0.25, -0.2) is 4.68 Å². The second-order valence-electron chi connectivity index (χ2n) is 6.00. The highest BCUT2D eigenvalue weighted by Gasteiger charge is 2.17. The average Bonchev–Trinajstić information content (AvgIpc) is 3.16. The summed E-state index contributed by atoms with van der Waals surface area (Å²) in [5.41, 5.74) is 0.794. The van der Waals surface area contributed by atoms with Crippen LogP contribution in [0.1, 0.15) is 12.8 Å². The van der Waals surface area contributed by atoms with Crippen molar-refractivity contribution < 1.29 is 14.3 Å². The fourth-order valence-corrected chi connectivity index (χ4v) is 2.90. The van der Waals surface area contributed by atoms with Gasteiger partial charge < -0.3 is 14.8 Å². The lowest BCUT2D eigenvalue weighted by Crippen LogP contribution is -2.37. The number of nitrogens with one attached hydrogen (secondary N) is 1. The fraction of sp³-hybridized carbons (Fsp3) is 0.389. The third-order valence-electron chi connectivity index (χ3n) is 4.14. The van der Waals surface area contributed by atoms with E-state index in [9.17, 15) is 9.59 Å². The van der Waals surface area contributed by atoms with Crippen molar-refractivity contribution in [1.29, 1.82) is 0 Å². The van der Waals surface area contributed by atoms with Gasteiger partial charge in [0.25, 0.3) is 5.56 Å². The van der Waals surface area contributed by atoms with Gasteiger partial charge in [-0.15, -0.1) is 0 Å². The maximum Gasteiger partial charge on any atom is 0.270 e. The minimum absolute atomic E-state index is 0.0455. The highest BCUT2D eigenvalue weighted by Crippen LogP contribution is 2.27. The molecule has 7 nitrogen and oxygen atoms in total. The van der Waals surface area contributed by atoms with Crippen LogP contribution in [0.15, 0.2) is 35.1 Å². The van der Waals surface area contributed by atoms with Crippen molar-refractivity contribution in [2.24, 2.45) is 0 Å². The molecule has 1 fully saturated rings. The zero-order valence-corrected chi connectivity index (χ0v) is 15.2. The largest absolute Gasteiger partial charge is 0.494 e. The summed E-state index contributed by atoms with van der Waals surface area (Å²) in [4.78, 5) is 24.4. The number of nitrogens with zero attached hydrogens (tertiary/aromatic N) is 2. The lowest BCUT2D eigenvalue weighted by molar-refractivity contribution is -0.122. The Labute approximate surface area is 155 Å². The molecule has 0 saturated carbocycles. The Hall–Kier alpha value is -2.38. The Morgan fingerprint density at radius 1 is 1.42 bits per heavy atom. The summed E-state index contributed by atoms with van der Waals surface area (Å²) in [7, 11) is 1.47. The summed E-state index contributed by atoms with van der Waals surface area (Å²) < 4.78 is 11.9. The topological polar surface area (TPSA) is 82.5 Å². The summed E-state index contributed by atoms with van der Waals surface area (Å²) in [6, 6.07) is 8.33. The number of methoxy groups -OCH3 is 1. The van der Waals surface area contributed by atoms with Crippen LogP contribution in [0, 0.1) is 0 Å². The molecule has 1 N–H and O–H groups in total. The monoisotopic (exact) mass is 377 g/mol. The Morgan fingerprint density at radius 3 is 2.85 bits per heavy atom. The SMILES string of the molecule is COc1cc(=O)n(CC(=O)NCC2CCCO2)nc1-c1ccc(Cl)cc1. The third-order valence-corrected chi connectivity index (χ3v) is 4.40. The fourth-order valence-electron chi connectivity index (χ4n) is 2.78. The Kier molecular flexibility index (Phi) is 5.90. The summed E-state index contributed by atoms with van der Waals surface area (Å²) in [6.07, 6.45) is 1.98. The highest BCUT2D eigenvalue weighted by molar-refractivity contribution is 6.30. The van der Waals surface area contributed by atoms with Crippen molar-refractivity contribution in [3.63, 3.8) is 0 Å². The van der Waals surface area contributed by atoms with Crippen LogP contribution in [-0.2, 0) is 16.1 Å². The molecule has 0 spiro atoms. The van der Waals surface area contributed by atoms with Crippen molar-refractivity contribution in [2.45, 2.75) is 25.5 Å². The van der Waals surface area contributed by atoms with Crippen LogP contribution in [0.4, 0.5) is 0 Å². The molecule has 138 valence electrons. The molecular weight excluding hydrogens is 358 g/mol. The van der Waals surface area contributed by atoms with Crippen LogP contribution in [0.2, 0.25) is 5.02 Å². The molecule has 1 aliphatic rings. The van der Waals surface area contributed by atoms with Crippen molar-refractivity contribution in [3.8, 4) is 17.0 Å². The van der Waals surface area contributed by atoms with Gasteiger partial charge in [-0.2, -0.15) is 5.10 Å². The number of ether oxygens (including phenoxy) is 2. The molecule has 0 bridgehead atoms. The maximum absolute atomic E-state index is 12.2.